The first-order chi connectivity index (χ1) is 18.6. The Bertz CT molecular complexity index is 753. The van der Waals surface area contributed by atoms with E-state index in [2.05, 4.69) is 59.7 Å². The number of ether oxygens (including phenoxy) is 2. The lowest BCUT2D eigenvalue weighted by Crippen LogP contribution is -2.55. The molecule has 5 aliphatic heterocycles. The fourth-order valence-corrected chi connectivity index (χ4v) is 7.54. The van der Waals surface area contributed by atoms with E-state index in [9.17, 15) is 0 Å². The third-order valence-electron chi connectivity index (χ3n) is 11.1. The van der Waals surface area contributed by atoms with Gasteiger partial charge in [-0.2, -0.15) is 0 Å². The summed E-state index contributed by atoms with van der Waals surface area (Å²) in [6.07, 6.45) is 17.8. The molecule has 0 atom stereocenters. The molecule has 0 bridgehead atoms. The first-order valence-corrected chi connectivity index (χ1v) is 16.1. The fourth-order valence-electron chi connectivity index (χ4n) is 7.54. The average molecular weight is 546 g/mol. The van der Waals surface area contributed by atoms with Gasteiger partial charge in [0.15, 0.2) is 0 Å². The van der Waals surface area contributed by atoms with E-state index in [0.717, 1.165) is 25.4 Å². The largest absolute Gasteiger partial charge is 0.388 e. The van der Waals surface area contributed by atoms with E-state index in [-0.39, 0.29) is 0 Å². The van der Waals surface area contributed by atoms with Crippen LogP contribution < -0.4 is 5.32 Å². The summed E-state index contributed by atoms with van der Waals surface area (Å²) in [5.74, 6) is 0. The minimum Gasteiger partial charge on any atom is -0.388 e. The van der Waals surface area contributed by atoms with Gasteiger partial charge in [0.2, 0.25) is 0 Å². The molecule has 3 aliphatic carbocycles. The van der Waals surface area contributed by atoms with Crippen LogP contribution >= 0.6 is 0 Å². The highest BCUT2D eigenvalue weighted by atomic mass is 16.5. The van der Waals surface area contributed by atoms with Crippen LogP contribution in [-0.2, 0) is 9.47 Å². The first-order valence-electron chi connectivity index (χ1n) is 16.1. The van der Waals surface area contributed by atoms with Crippen LogP contribution in [0.25, 0.3) is 0 Å². The van der Waals surface area contributed by atoms with E-state index in [1.807, 2.05) is 0 Å². The molecule has 0 aromatic rings. The minimum absolute atomic E-state index is 0.340. The minimum atomic E-state index is 0.340. The van der Waals surface area contributed by atoms with Crippen molar-refractivity contribution < 1.29 is 9.47 Å². The molecule has 8 fully saturated rings. The fraction of sp³-hybridized carbons (Fsp3) is 0.938. The van der Waals surface area contributed by atoms with Gasteiger partial charge in [0, 0.05) is 43.8 Å². The average Bonchev–Trinajstić information content (AvgIpc) is 3.52. The molecule has 39 heavy (non-hydrogen) atoms. The van der Waals surface area contributed by atoms with Gasteiger partial charge >= 0.3 is 0 Å². The molecule has 3 saturated carbocycles. The Balaban J connectivity index is 0.000000105. The Morgan fingerprint density at radius 1 is 0.590 bits per heavy atom. The second kappa shape index (κ2) is 12.3. The van der Waals surface area contributed by atoms with Crippen molar-refractivity contribution in [2.45, 2.75) is 94.7 Å². The van der Waals surface area contributed by atoms with Crippen LogP contribution in [0.3, 0.4) is 0 Å². The predicted octanol–water partition coefficient (Wildman–Crippen LogP) is 4.35. The van der Waals surface area contributed by atoms with Gasteiger partial charge in [-0.25, -0.2) is 0 Å². The maximum atomic E-state index is 5.74. The number of piperidine rings is 1. The highest BCUT2D eigenvalue weighted by Crippen LogP contribution is 2.48. The zero-order valence-corrected chi connectivity index (χ0v) is 25.9. The maximum Gasteiger partial charge on any atom is 0.0995 e. The molecule has 5 heterocycles. The zero-order chi connectivity index (χ0) is 27.6. The molecule has 0 unspecified atom stereocenters. The Hall–Kier alpha value is -0.700. The van der Waals surface area contributed by atoms with Gasteiger partial charge < -0.3 is 24.6 Å². The van der Waals surface area contributed by atoms with Crippen molar-refractivity contribution in [2.75, 3.05) is 87.5 Å². The summed E-state index contributed by atoms with van der Waals surface area (Å²) in [5.41, 5.74) is 3.35. The quantitative estimate of drug-likeness (QED) is 0.485. The predicted molar refractivity (Wildman–Crippen MR) is 160 cm³/mol. The number of nitrogens with one attached hydrogen (secondary N) is 1. The van der Waals surface area contributed by atoms with Gasteiger partial charge in [-0.15, -0.1) is 0 Å². The summed E-state index contributed by atoms with van der Waals surface area (Å²) in [4.78, 5) is 9.29. The third-order valence-corrected chi connectivity index (χ3v) is 11.1. The van der Waals surface area contributed by atoms with E-state index < -0.39 is 0 Å². The number of allylic oxidation sites excluding steroid dienone is 1. The third kappa shape index (κ3) is 7.78. The number of hydrogen-bond donors (Lipinski definition) is 1. The number of hydrogen-bond acceptors (Lipinski definition) is 7. The molecule has 0 radical (unpaired) electrons. The van der Waals surface area contributed by atoms with Gasteiger partial charge in [0.1, 0.15) is 0 Å². The molecule has 0 aromatic heterocycles. The molecular formula is C32H59N5O2. The smallest absolute Gasteiger partial charge is 0.0995 e. The maximum absolute atomic E-state index is 5.74. The molecule has 7 heteroatoms. The standard InChI is InChI=1S/C9H17N.C8H14N2.C8H15NO.C7H13NO/c1-10-7-5-9(6-8-10)3-2-4-9;1-7-3-8(4-9-7)5-10(2)6-8;1-9-6-5-8(10-7-9)3-2-4-8;1-8-5-4-7(2-3-7)9-6-8/h2-8H2,1H3;9H,1,3-6H2,2H3;2-7H2,1H3;2-6H2,1H3. The van der Waals surface area contributed by atoms with Crippen LogP contribution in [-0.4, -0.2) is 118 Å². The molecule has 7 nitrogen and oxygen atoms in total. The lowest BCUT2D eigenvalue weighted by atomic mass is 9.63. The Kier molecular flexibility index (Phi) is 9.37. The Morgan fingerprint density at radius 3 is 1.44 bits per heavy atom. The van der Waals surface area contributed by atoms with E-state index >= 15 is 0 Å². The molecular weight excluding hydrogens is 486 g/mol. The van der Waals surface area contributed by atoms with Crippen molar-refractivity contribution in [3.8, 4) is 0 Å². The van der Waals surface area contributed by atoms with Crippen LogP contribution in [0, 0.1) is 10.8 Å². The van der Waals surface area contributed by atoms with Gasteiger partial charge in [-0.05, 0) is 124 Å². The summed E-state index contributed by atoms with van der Waals surface area (Å²) < 4.78 is 11.4. The van der Waals surface area contributed by atoms with E-state index in [1.165, 1.54) is 128 Å². The van der Waals surface area contributed by atoms with E-state index in [4.69, 9.17) is 9.47 Å². The summed E-state index contributed by atoms with van der Waals surface area (Å²) in [7, 11) is 8.64. The summed E-state index contributed by atoms with van der Waals surface area (Å²) >= 11 is 0. The van der Waals surface area contributed by atoms with Crippen LogP contribution in [0.15, 0.2) is 12.3 Å². The summed E-state index contributed by atoms with van der Waals surface area (Å²) in [5, 5.41) is 3.31. The SMILES string of the molecule is C=C1CC2(CN1)CN(C)C2.CN1CCC2(CC2)OC1.CN1CCC2(CCC2)CC1.CN1CCC2(CCC2)OC1. The zero-order valence-electron chi connectivity index (χ0n) is 25.9. The summed E-state index contributed by atoms with van der Waals surface area (Å²) in [6, 6.07) is 0. The van der Waals surface area contributed by atoms with E-state index in [1.54, 1.807) is 0 Å². The summed E-state index contributed by atoms with van der Waals surface area (Å²) in [6.45, 7) is 14.4. The Labute approximate surface area is 239 Å². The van der Waals surface area contributed by atoms with Crippen LogP contribution in [0.4, 0.5) is 0 Å². The second-order valence-corrected chi connectivity index (χ2v) is 14.9. The normalized spacial score (nSPS) is 31.8. The van der Waals surface area contributed by atoms with Crippen LogP contribution in [0.2, 0.25) is 0 Å². The highest BCUT2D eigenvalue weighted by molar-refractivity contribution is 5.12. The first kappa shape index (κ1) is 29.8. The van der Waals surface area contributed by atoms with Gasteiger partial charge in [-0.1, -0.05) is 13.0 Å². The van der Waals surface area contributed by atoms with Crippen molar-refractivity contribution in [1.82, 2.24) is 24.9 Å². The van der Waals surface area contributed by atoms with E-state index in [0.29, 0.717) is 16.6 Å². The van der Waals surface area contributed by atoms with Crippen molar-refractivity contribution in [3.63, 3.8) is 0 Å². The van der Waals surface area contributed by atoms with Gasteiger partial charge in [-0.3, -0.25) is 9.80 Å². The van der Waals surface area contributed by atoms with Crippen molar-refractivity contribution in [3.05, 3.63) is 12.3 Å². The molecule has 0 amide bonds. The topological polar surface area (TPSA) is 43.5 Å². The second-order valence-electron chi connectivity index (χ2n) is 14.9. The number of rotatable bonds is 0. The van der Waals surface area contributed by atoms with Crippen molar-refractivity contribution in [1.29, 1.82) is 0 Å². The number of likely N-dealkylation sites (tertiary alicyclic amines) is 2. The van der Waals surface area contributed by atoms with Crippen molar-refractivity contribution >= 4 is 0 Å². The van der Waals surface area contributed by atoms with Crippen LogP contribution in [0.1, 0.15) is 83.5 Å². The lowest BCUT2D eigenvalue weighted by molar-refractivity contribution is -0.169. The van der Waals surface area contributed by atoms with Crippen LogP contribution in [0.5, 0.6) is 0 Å². The molecule has 4 spiro atoms. The molecule has 8 rings (SSSR count). The molecule has 0 aromatic carbocycles. The number of nitrogens with zero attached hydrogens (tertiary/aromatic N) is 4. The monoisotopic (exact) mass is 545 g/mol. The molecule has 224 valence electrons. The molecule has 5 saturated heterocycles. The molecule has 8 aliphatic rings. The lowest BCUT2D eigenvalue weighted by Gasteiger charge is -2.47. The van der Waals surface area contributed by atoms with Gasteiger partial charge in [0.25, 0.3) is 0 Å². The van der Waals surface area contributed by atoms with Crippen molar-refractivity contribution in [2.24, 2.45) is 10.8 Å². The Morgan fingerprint density at radius 2 is 1.10 bits per heavy atom. The van der Waals surface area contributed by atoms with Gasteiger partial charge in [0.05, 0.1) is 24.7 Å². The molecule has 1 N–H and O–H groups in total. The highest BCUT2D eigenvalue weighted by Gasteiger charge is 2.46.